The van der Waals surface area contributed by atoms with Crippen LogP contribution in [0.2, 0.25) is 10.0 Å². The van der Waals surface area contributed by atoms with Crippen LogP contribution in [0.15, 0.2) is 18.2 Å². The van der Waals surface area contributed by atoms with Gasteiger partial charge in [0.2, 0.25) is 0 Å². The number of methoxy groups -OCH3 is 1. The highest BCUT2D eigenvalue weighted by molar-refractivity contribution is 6.42. The predicted octanol–water partition coefficient (Wildman–Crippen LogP) is 4.34. The molecule has 0 N–H and O–H groups in total. The molecular formula is C11H14Cl2O. The van der Waals surface area contributed by atoms with Gasteiger partial charge in [0.05, 0.1) is 16.1 Å². The zero-order valence-corrected chi connectivity index (χ0v) is 10.1. The Hall–Kier alpha value is -0.240. The summed E-state index contributed by atoms with van der Waals surface area (Å²) in [5, 5.41) is 1.15. The van der Waals surface area contributed by atoms with Crippen LogP contribution in [0.25, 0.3) is 0 Å². The van der Waals surface area contributed by atoms with Crippen molar-refractivity contribution in [3.8, 4) is 0 Å². The topological polar surface area (TPSA) is 9.23 Å². The Morgan fingerprint density at radius 1 is 1.14 bits per heavy atom. The van der Waals surface area contributed by atoms with E-state index in [0.29, 0.717) is 16.0 Å². The summed E-state index contributed by atoms with van der Waals surface area (Å²) >= 11 is 11.8. The first-order chi connectivity index (χ1) is 6.56. The zero-order chi connectivity index (χ0) is 10.7. The Labute approximate surface area is 95.0 Å². The maximum atomic E-state index is 5.93. The van der Waals surface area contributed by atoms with Gasteiger partial charge in [0.1, 0.15) is 0 Å². The van der Waals surface area contributed by atoms with Crippen molar-refractivity contribution in [2.45, 2.75) is 20.0 Å². The van der Waals surface area contributed by atoms with Crippen molar-refractivity contribution in [2.75, 3.05) is 7.11 Å². The van der Waals surface area contributed by atoms with Crippen LogP contribution in [-0.4, -0.2) is 7.11 Å². The average molecular weight is 233 g/mol. The van der Waals surface area contributed by atoms with Crippen molar-refractivity contribution in [3.63, 3.8) is 0 Å². The van der Waals surface area contributed by atoms with E-state index < -0.39 is 0 Å². The lowest BCUT2D eigenvalue weighted by molar-refractivity contribution is 0.0646. The molecule has 3 heteroatoms. The van der Waals surface area contributed by atoms with Crippen LogP contribution in [0.4, 0.5) is 0 Å². The maximum Gasteiger partial charge on any atom is 0.0844 e. The van der Waals surface area contributed by atoms with E-state index in [1.807, 2.05) is 12.1 Å². The highest BCUT2D eigenvalue weighted by atomic mass is 35.5. The van der Waals surface area contributed by atoms with E-state index in [2.05, 4.69) is 13.8 Å². The zero-order valence-electron chi connectivity index (χ0n) is 8.55. The highest BCUT2D eigenvalue weighted by Crippen LogP contribution is 2.30. The fourth-order valence-electron chi connectivity index (χ4n) is 1.48. The molecule has 78 valence electrons. The van der Waals surface area contributed by atoms with Crippen molar-refractivity contribution in [3.05, 3.63) is 33.8 Å². The number of halogens is 2. The van der Waals surface area contributed by atoms with Gasteiger partial charge in [-0.1, -0.05) is 43.1 Å². The maximum absolute atomic E-state index is 5.93. The highest BCUT2D eigenvalue weighted by Gasteiger charge is 2.15. The van der Waals surface area contributed by atoms with Crippen LogP contribution in [0.3, 0.4) is 0 Å². The largest absolute Gasteiger partial charge is 0.376 e. The number of benzene rings is 1. The molecule has 1 aromatic rings. The van der Waals surface area contributed by atoms with Crippen molar-refractivity contribution < 1.29 is 4.74 Å². The predicted molar refractivity (Wildman–Crippen MR) is 61.1 cm³/mol. The summed E-state index contributed by atoms with van der Waals surface area (Å²) in [6, 6.07) is 5.61. The Morgan fingerprint density at radius 3 is 2.21 bits per heavy atom. The van der Waals surface area contributed by atoms with E-state index >= 15 is 0 Å². The molecule has 0 saturated heterocycles. The molecule has 0 spiro atoms. The standard InChI is InChI=1S/C11H14Cl2O/c1-7(2)11(14-3)8-4-5-9(12)10(13)6-8/h4-7,11H,1-3H3. The number of hydrogen-bond donors (Lipinski definition) is 0. The first-order valence-electron chi connectivity index (χ1n) is 4.54. The molecule has 0 aliphatic carbocycles. The molecule has 0 aliphatic rings. The van der Waals surface area contributed by atoms with Gasteiger partial charge >= 0.3 is 0 Å². The third-order valence-electron chi connectivity index (χ3n) is 2.13. The van der Waals surface area contributed by atoms with E-state index in [1.165, 1.54) is 0 Å². The summed E-state index contributed by atoms with van der Waals surface area (Å²) in [4.78, 5) is 0. The van der Waals surface area contributed by atoms with Crippen LogP contribution in [-0.2, 0) is 4.74 Å². The van der Waals surface area contributed by atoms with Gasteiger partial charge in [-0.3, -0.25) is 0 Å². The lowest BCUT2D eigenvalue weighted by Gasteiger charge is -2.19. The Kier molecular flexibility index (Phi) is 4.24. The van der Waals surface area contributed by atoms with Crippen LogP contribution < -0.4 is 0 Å². The second-order valence-corrected chi connectivity index (χ2v) is 4.39. The van der Waals surface area contributed by atoms with Gasteiger partial charge in [0.15, 0.2) is 0 Å². The van der Waals surface area contributed by atoms with E-state index in [-0.39, 0.29) is 6.10 Å². The summed E-state index contributed by atoms with van der Waals surface area (Å²) in [5.41, 5.74) is 1.07. The molecule has 0 amide bonds. The number of rotatable bonds is 3. The molecule has 0 saturated carbocycles. The van der Waals surface area contributed by atoms with Gasteiger partial charge in [-0.2, -0.15) is 0 Å². The normalized spacial score (nSPS) is 13.3. The van der Waals surface area contributed by atoms with E-state index in [4.69, 9.17) is 27.9 Å². The minimum absolute atomic E-state index is 0.0739. The Bertz CT molecular complexity index is 310. The lowest BCUT2D eigenvalue weighted by atomic mass is 9.99. The van der Waals surface area contributed by atoms with Gasteiger partial charge in [0, 0.05) is 7.11 Å². The van der Waals surface area contributed by atoms with Gasteiger partial charge < -0.3 is 4.74 Å². The van der Waals surface area contributed by atoms with Gasteiger partial charge in [-0.15, -0.1) is 0 Å². The van der Waals surface area contributed by atoms with Crippen LogP contribution >= 0.6 is 23.2 Å². The molecule has 1 unspecified atom stereocenters. The number of hydrogen-bond acceptors (Lipinski definition) is 1. The SMILES string of the molecule is COC(c1ccc(Cl)c(Cl)c1)C(C)C. The molecule has 0 heterocycles. The summed E-state index contributed by atoms with van der Waals surface area (Å²) in [6.07, 6.45) is 0.0739. The Morgan fingerprint density at radius 2 is 1.79 bits per heavy atom. The first-order valence-corrected chi connectivity index (χ1v) is 5.29. The fourth-order valence-corrected chi connectivity index (χ4v) is 1.79. The molecule has 1 atom stereocenters. The minimum atomic E-state index is 0.0739. The molecule has 1 nitrogen and oxygen atoms in total. The van der Waals surface area contributed by atoms with Gasteiger partial charge in [-0.25, -0.2) is 0 Å². The fraction of sp³-hybridized carbons (Fsp3) is 0.455. The van der Waals surface area contributed by atoms with Crippen molar-refractivity contribution in [1.82, 2.24) is 0 Å². The van der Waals surface area contributed by atoms with Crippen LogP contribution in [0, 0.1) is 5.92 Å². The third-order valence-corrected chi connectivity index (χ3v) is 2.87. The molecule has 0 aromatic heterocycles. The Balaban J connectivity index is 3.00. The minimum Gasteiger partial charge on any atom is -0.376 e. The first kappa shape index (κ1) is 11.8. The van der Waals surface area contributed by atoms with Crippen molar-refractivity contribution in [2.24, 2.45) is 5.92 Å². The summed E-state index contributed by atoms with van der Waals surface area (Å²) < 4.78 is 5.39. The molecular weight excluding hydrogens is 219 g/mol. The molecule has 1 rings (SSSR count). The lowest BCUT2D eigenvalue weighted by Crippen LogP contribution is -2.08. The van der Waals surface area contributed by atoms with Crippen molar-refractivity contribution in [1.29, 1.82) is 0 Å². The molecule has 0 radical (unpaired) electrons. The van der Waals surface area contributed by atoms with E-state index in [0.717, 1.165) is 5.56 Å². The monoisotopic (exact) mass is 232 g/mol. The number of ether oxygens (including phenoxy) is 1. The molecule has 0 bridgehead atoms. The third kappa shape index (κ3) is 2.63. The van der Waals surface area contributed by atoms with E-state index in [9.17, 15) is 0 Å². The van der Waals surface area contributed by atoms with Gasteiger partial charge in [-0.05, 0) is 23.6 Å². The molecule has 0 fully saturated rings. The van der Waals surface area contributed by atoms with Crippen LogP contribution in [0.5, 0.6) is 0 Å². The molecule has 0 aliphatic heterocycles. The van der Waals surface area contributed by atoms with Crippen LogP contribution in [0.1, 0.15) is 25.5 Å². The van der Waals surface area contributed by atoms with Gasteiger partial charge in [0.25, 0.3) is 0 Å². The quantitative estimate of drug-likeness (QED) is 0.754. The molecule has 1 aromatic carbocycles. The second-order valence-electron chi connectivity index (χ2n) is 3.57. The van der Waals surface area contributed by atoms with E-state index in [1.54, 1.807) is 13.2 Å². The summed E-state index contributed by atoms with van der Waals surface area (Å²) in [6.45, 7) is 4.22. The average Bonchev–Trinajstić information content (AvgIpc) is 2.11. The second kappa shape index (κ2) is 5.01. The summed E-state index contributed by atoms with van der Waals surface area (Å²) in [7, 11) is 1.70. The summed E-state index contributed by atoms with van der Waals surface area (Å²) in [5.74, 6) is 0.414. The molecule has 14 heavy (non-hydrogen) atoms. The smallest absolute Gasteiger partial charge is 0.0844 e. The van der Waals surface area contributed by atoms with Crippen molar-refractivity contribution >= 4 is 23.2 Å².